The van der Waals surface area contributed by atoms with Gasteiger partial charge in [0.05, 0.1) is 6.54 Å². The number of ether oxygens (including phenoxy) is 1. The number of cyclic esters (lactones) is 1. The van der Waals surface area contributed by atoms with E-state index in [4.69, 9.17) is 4.74 Å². The average molecular weight is 288 g/mol. The van der Waals surface area contributed by atoms with Crippen LogP contribution in [0.25, 0.3) is 0 Å². The number of hydrogen-bond acceptors (Lipinski definition) is 3. The molecule has 2 aliphatic rings. The quantitative estimate of drug-likeness (QED) is 0.898. The van der Waals surface area contributed by atoms with Gasteiger partial charge in [0.15, 0.2) is 0 Å². The van der Waals surface area contributed by atoms with Crippen molar-refractivity contribution in [1.29, 1.82) is 0 Å². The SMILES string of the molecule is O=C1NCC(c2ccc(NC(=O)C3CCCCC3)cc2)O1. The van der Waals surface area contributed by atoms with Crippen LogP contribution >= 0.6 is 0 Å². The van der Waals surface area contributed by atoms with Crippen molar-refractivity contribution in [2.45, 2.75) is 38.2 Å². The number of anilines is 1. The van der Waals surface area contributed by atoms with Crippen LogP contribution in [0.5, 0.6) is 0 Å². The number of benzene rings is 1. The van der Waals surface area contributed by atoms with E-state index in [0.717, 1.165) is 36.9 Å². The van der Waals surface area contributed by atoms with Crippen LogP contribution in [-0.2, 0) is 9.53 Å². The van der Waals surface area contributed by atoms with E-state index >= 15 is 0 Å². The van der Waals surface area contributed by atoms with Crippen molar-refractivity contribution in [2.75, 3.05) is 11.9 Å². The molecule has 112 valence electrons. The molecule has 0 radical (unpaired) electrons. The van der Waals surface area contributed by atoms with Gasteiger partial charge < -0.3 is 15.4 Å². The van der Waals surface area contributed by atoms with Gasteiger partial charge in [0.25, 0.3) is 0 Å². The maximum absolute atomic E-state index is 12.2. The molecule has 1 aliphatic heterocycles. The van der Waals surface area contributed by atoms with Crippen molar-refractivity contribution in [3.63, 3.8) is 0 Å². The monoisotopic (exact) mass is 288 g/mol. The minimum atomic E-state index is -0.380. The molecule has 1 atom stereocenters. The maximum Gasteiger partial charge on any atom is 0.407 e. The highest BCUT2D eigenvalue weighted by Gasteiger charge is 2.24. The smallest absolute Gasteiger partial charge is 0.407 e. The summed E-state index contributed by atoms with van der Waals surface area (Å²) < 4.78 is 5.13. The number of amides is 2. The molecule has 3 rings (SSSR count). The molecule has 1 saturated carbocycles. The molecule has 2 fully saturated rings. The van der Waals surface area contributed by atoms with Crippen molar-refractivity contribution in [3.8, 4) is 0 Å². The first-order chi connectivity index (χ1) is 10.2. The number of carbonyl (C=O) groups is 2. The molecule has 0 bridgehead atoms. The van der Waals surface area contributed by atoms with E-state index in [1.165, 1.54) is 6.42 Å². The van der Waals surface area contributed by atoms with Gasteiger partial charge in [-0.3, -0.25) is 4.79 Å². The fraction of sp³-hybridized carbons (Fsp3) is 0.500. The fourth-order valence-corrected chi connectivity index (χ4v) is 2.96. The third-order valence-electron chi connectivity index (χ3n) is 4.21. The summed E-state index contributed by atoms with van der Waals surface area (Å²) in [5, 5.41) is 5.60. The minimum Gasteiger partial charge on any atom is -0.439 e. The van der Waals surface area contributed by atoms with Gasteiger partial charge in [-0.1, -0.05) is 31.4 Å². The summed E-state index contributed by atoms with van der Waals surface area (Å²) in [7, 11) is 0. The highest BCUT2D eigenvalue weighted by Crippen LogP contribution is 2.26. The molecular weight excluding hydrogens is 268 g/mol. The second-order valence-electron chi connectivity index (χ2n) is 5.72. The van der Waals surface area contributed by atoms with Gasteiger partial charge in [-0.05, 0) is 30.5 Å². The van der Waals surface area contributed by atoms with Crippen molar-refractivity contribution < 1.29 is 14.3 Å². The van der Waals surface area contributed by atoms with E-state index in [9.17, 15) is 9.59 Å². The van der Waals surface area contributed by atoms with Crippen molar-refractivity contribution in [1.82, 2.24) is 5.32 Å². The van der Waals surface area contributed by atoms with Gasteiger partial charge in [0, 0.05) is 11.6 Å². The van der Waals surface area contributed by atoms with E-state index in [2.05, 4.69) is 10.6 Å². The largest absolute Gasteiger partial charge is 0.439 e. The Morgan fingerprint density at radius 1 is 1.14 bits per heavy atom. The Balaban J connectivity index is 1.59. The third-order valence-corrected chi connectivity index (χ3v) is 4.21. The molecule has 2 N–H and O–H groups in total. The molecule has 5 heteroatoms. The summed E-state index contributed by atoms with van der Waals surface area (Å²) in [5.74, 6) is 0.273. The number of hydrogen-bond donors (Lipinski definition) is 2. The summed E-state index contributed by atoms with van der Waals surface area (Å²) >= 11 is 0. The number of carbonyl (C=O) groups excluding carboxylic acids is 2. The Bertz CT molecular complexity index is 521. The van der Waals surface area contributed by atoms with E-state index in [1.54, 1.807) is 0 Å². The standard InChI is InChI=1S/C16H20N2O3/c19-15(12-4-2-1-3-5-12)18-13-8-6-11(7-9-13)14-10-17-16(20)21-14/h6-9,12,14H,1-5,10H2,(H,17,20)(H,18,19). The van der Waals surface area contributed by atoms with E-state index in [0.29, 0.717) is 6.54 Å². The predicted octanol–water partition coefficient (Wildman–Crippen LogP) is 2.99. The molecule has 1 aromatic carbocycles. The van der Waals surface area contributed by atoms with E-state index < -0.39 is 0 Å². The lowest BCUT2D eigenvalue weighted by Gasteiger charge is -2.20. The fourth-order valence-electron chi connectivity index (χ4n) is 2.96. The number of nitrogens with one attached hydrogen (secondary N) is 2. The number of rotatable bonds is 3. The molecule has 2 amide bonds. The molecule has 0 aromatic heterocycles. The Kier molecular flexibility index (Phi) is 4.08. The Hall–Kier alpha value is -2.04. The summed E-state index contributed by atoms with van der Waals surface area (Å²) in [6.45, 7) is 0.493. The molecule has 5 nitrogen and oxygen atoms in total. The lowest BCUT2D eigenvalue weighted by Crippen LogP contribution is -2.24. The third kappa shape index (κ3) is 3.35. The topological polar surface area (TPSA) is 67.4 Å². The second-order valence-corrected chi connectivity index (χ2v) is 5.72. The summed E-state index contributed by atoms with van der Waals surface area (Å²) in [6, 6.07) is 7.51. The molecule has 1 heterocycles. The first-order valence-corrected chi connectivity index (χ1v) is 7.58. The van der Waals surface area contributed by atoms with Gasteiger partial charge >= 0.3 is 6.09 Å². The molecule has 1 aliphatic carbocycles. The van der Waals surface area contributed by atoms with E-state index in [-0.39, 0.29) is 24.0 Å². The highest BCUT2D eigenvalue weighted by atomic mass is 16.6. The van der Waals surface area contributed by atoms with Crippen molar-refractivity contribution in [2.24, 2.45) is 5.92 Å². The lowest BCUT2D eigenvalue weighted by molar-refractivity contribution is -0.120. The van der Waals surface area contributed by atoms with Crippen LogP contribution < -0.4 is 10.6 Å². The Morgan fingerprint density at radius 3 is 2.48 bits per heavy atom. The lowest BCUT2D eigenvalue weighted by atomic mass is 9.88. The van der Waals surface area contributed by atoms with Gasteiger partial charge in [-0.25, -0.2) is 4.79 Å². The Labute approximate surface area is 124 Å². The van der Waals surface area contributed by atoms with Gasteiger partial charge in [-0.2, -0.15) is 0 Å². The van der Waals surface area contributed by atoms with E-state index in [1.807, 2.05) is 24.3 Å². The van der Waals surface area contributed by atoms with Crippen LogP contribution in [0.15, 0.2) is 24.3 Å². The van der Waals surface area contributed by atoms with Crippen LogP contribution in [0.3, 0.4) is 0 Å². The normalized spacial score (nSPS) is 22.5. The van der Waals surface area contributed by atoms with Gasteiger partial charge in [0.1, 0.15) is 6.10 Å². The zero-order chi connectivity index (χ0) is 14.7. The van der Waals surface area contributed by atoms with Crippen LogP contribution in [-0.4, -0.2) is 18.5 Å². The van der Waals surface area contributed by atoms with Crippen molar-refractivity contribution in [3.05, 3.63) is 29.8 Å². The summed E-state index contributed by atoms with van der Waals surface area (Å²) in [4.78, 5) is 23.2. The maximum atomic E-state index is 12.2. The summed E-state index contributed by atoms with van der Waals surface area (Å²) in [5.41, 5.74) is 1.73. The average Bonchev–Trinajstić information content (AvgIpc) is 2.95. The Morgan fingerprint density at radius 2 is 1.86 bits per heavy atom. The molecule has 1 saturated heterocycles. The molecule has 1 aromatic rings. The van der Waals surface area contributed by atoms with Crippen molar-refractivity contribution >= 4 is 17.7 Å². The van der Waals surface area contributed by atoms with Crippen LogP contribution in [0.1, 0.15) is 43.8 Å². The molecular formula is C16H20N2O3. The molecule has 0 spiro atoms. The predicted molar refractivity (Wildman–Crippen MR) is 78.9 cm³/mol. The summed E-state index contributed by atoms with van der Waals surface area (Å²) in [6.07, 6.45) is 4.91. The van der Waals surface area contributed by atoms with Crippen LogP contribution in [0.4, 0.5) is 10.5 Å². The van der Waals surface area contributed by atoms with Crippen LogP contribution in [0, 0.1) is 5.92 Å². The zero-order valence-corrected chi connectivity index (χ0v) is 11.9. The first kappa shape index (κ1) is 13.9. The highest BCUT2D eigenvalue weighted by molar-refractivity contribution is 5.92. The van der Waals surface area contributed by atoms with Crippen LogP contribution in [0.2, 0.25) is 0 Å². The minimum absolute atomic E-state index is 0.122. The first-order valence-electron chi connectivity index (χ1n) is 7.58. The van der Waals surface area contributed by atoms with Gasteiger partial charge in [-0.15, -0.1) is 0 Å². The number of alkyl carbamates (subject to hydrolysis) is 1. The zero-order valence-electron chi connectivity index (χ0n) is 11.9. The second kappa shape index (κ2) is 6.16. The molecule has 1 unspecified atom stereocenters. The van der Waals surface area contributed by atoms with Gasteiger partial charge in [0.2, 0.25) is 5.91 Å². The molecule has 21 heavy (non-hydrogen) atoms.